The molecule has 0 aromatic carbocycles. The summed E-state index contributed by atoms with van der Waals surface area (Å²) in [5, 5.41) is 5.82. The Bertz CT molecular complexity index is 468. The first-order chi connectivity index (χ1) is 11.1. The van der Waals surface area contributed by atoms with E-state index in [2.05, 4.69) is 10.6 Å². The average Bonchev–Trinajstić information content (AvgIpc) is 3.02. The molecule has 0 radical (unpaired) electrons. The third kappa shape index (κ3) is 3.95. The van der Waals surface area contributed by atoms with Gasteiger partial charge in [-0.3, -0.25) is 9.59 Å². The maximum atomic E-state index is 12.4. The Morgan fingerprint density at radius 3 is 2.26 bits per heavy atom. The summed E-state index contributed by atoms with van der Waals surface area (Å²) >= 11 is 0. The van der Waals surface area contributed by atoms with Crippen LogP contribution in [0.4, 0.5) is 4.79 Å². The van der Waals surface area contributed by atoms with Crippen LogP contribution in [0.5, 0.6) is 0 Å². The second-order valence-corrected chi connectivity index (χ2v) is 6.80. The summed E-state index contributed by atoms with van der Waals surface area (Å²) in [5.41, 5.74) is 0. The third-order valence-corrected chi connectivity index (χ3v) is 5.14. The summed E-state index contributed by atoms with van der Waals surface area (Å²) in [4.78, 5) is 39.5. The Hall–Kier alpha value is -1.79. The van der Waals surface area contributed by atoms with Crippen LogP contribution in [0.15, 0.2) is 0 Å². The summed E-state index contributed by atoms with van der Waals surface area (Å²) in [6, 6.07) is 0.313. The summed E-state index contributed by atoms with van der Waals surface area (Å²) < 4.78 is 0. The van der Waals surface area contributed by atoms with Crippen molar-refractivity contribution >= 4 is 17.8 Å². The fraction of sp³-hybridized carbons (Fsp3) is 0.812. The van der Waals surface area contributed by atoms with Crippen molar-refractivity contribution in [2.75, 3.05) is 32.7 Å². The van der Waals surface area contributed by atoms with Gasteiger partial charge in [-0.2, -0.15) is 0 Å². The Balaban J connectivity index is 1.43. The number of rotatable bonds is 2. The van der Waals surface area contributed by atoms with Gasteiger partial charge in [0.05, 0.1) is 5.92 Å². The van der Waals surface area contributed by atoms with E-state index in [1.165, 1.54) is 19.3 Å². The van der Waals surface area contributed by atoms with E-state index in [0.717, 1.165) is 12.8 Å². The van der Waals surface area contributed by atoms with Crippen LogP contribution in [-0.4, -0.2) is 66.4 Å². The van der Waals surface area contributed by atoms with E-state index in [1.54, 1.807) is 9.80 Å². The summed E-state index contributed by atoms with van der Waals surface area (Å²) in [6.07, 6.45) is 6.11. The van der Waals surface area contributed by atoms with Crippen molar-refractivity contribution in [3.05, 3.63) is 0 Å². The van der Waals surface area contributed by atoms with Crippen molar-refractivity contribution in [2.24, 2.45) is 5.92 Å². The first-order valence-electron chi connectivity index (χ1n) is 8.74. The van der Waals surface area contributed by atoms with E-state index in [4.69, 9.17) is 0 Å². The van der Waals surface area contributed by atoms with Gasteiger partial charge in [0.15, 0.2) is 0 Å². The van der Waals surface area contributed by atoms with Crippen LogP contribution in [0, 0.1) is 5.92 Å². The largest absolute Gasteiger partial charge is 0.355 e. The fourth-order valence-electron chi connectivity index (χ4n) is 3.68. The summed E-state index contributed by atoms with van der Waals surface area (Å²) in [5.74, 6) is -0.241. The molecule has 1 aliphatic carbocycles. The predicted molar refractivity (Wildman–Crippen MR) is 84.7 cm³/mol. The van der Waals surface area contributed by atoms with Gasteiger partial charge in [-0.15, -0.1) is 0 Å². The van der Waals surface area contributed by atoms with Crippen molar-refractivity contribution in [3.8, 4) is 0 Å². The van der Waals surface area contributed by atoms with Crippen LogP contribution in [-0.2, 0) is 9.59 Å². The number of amides is 4. The molecule has 0 aromatic heterocycles. The Morgan fingerprint density at radius 1 is 1.00 bits per heavy atom. The highest BCUT2D eigenvalue weighted by Gasteiger charge is 2.33. The van der Waals surface area contributed by atoms with E-state index in [-0.39, 0.29) is 23.8 Å². The van der Waals surface area contributed by atoms with Gasteiger partial charge in [0.1, 0.15) is 0 Å². The Labute approximate surface area is 136 Å². The molecular formula is C16H26N4O3. The van der Waals surface area contributed by atoms with Gasteiger partial charge in [-0.25, -0.2) is 4.79 Å². The fourth-order valence-corrected chi connectivity index (χ4v) is 3.68. The first kappa shape index (κ1) is 16.1. The summed E-state index contributed by atoms with van der Waals surface area (Å²) in [7, 11) is 0. The van der Waals surface area contributed by atoms with Crippen molar-refractivity contribution in [1.29, 1.82) is 0 Å². The predicted octanol–water partition coefficient (Wildman–Crippen LogP) is 0.309. The minimum Gasteiger partial charge on any atom is -0.355 e. The first-order valence-corrected chi connectivity index (χ1v) is 8.74. The molecule has 0 aromatic rings. The van der Waals surface area contributed by atoms with Crippen molar-refractivity contribution < 1.29 is 14.4 Å². The van der Waals surface area contributed by atoms with Crippen molar-refractivity contribution in [2.45, 2.75) is 44.6 Å². The highest BCUT2D eigenvalue weighted by molar-refractivity contribution is 5.89. The van der Waals surface area contributed by atoms with Crippen LogP contribution in [0.1, 0.15) is 38.5 Å². The number of hydrogen-bond donors (Lipinski definition) is 2. The molecule has 23 heavy (non-hydrogen) atoms. The molecule has 3 aliphatic rings. The standard InChI is InChI=1S/C16H26N4O3/c21-14-10-12(11-17-14)15(22)19-6-8-20(9-7-19)16(23)18-13-4-2-1-3-5-13/h12-13H,1-11H2,(H,17,21)(H,18,23). The molecule has 7 nitrogen and oxygen atoms in total. The van der Waals surface area contributed by atoms with Gasteiger partial charge in [0.25, 0.3) is 0 Å². The smallest absolute Gasteiger partial charge is 0.317 e. The second kappa shape index (κ2) is 7.19. The molecule has 7 heteroatoms. The normalized spacial score (nSPS) is 26.1. The molecule has 2 aliphatic heterocycles. The van der Waals surface area contributed by atoms with Gasteiger partial charge in [0.2, 0.25) is 11.8 Å². The van der Waals surface area contributed by atoms with Crippen LogP contribution in [0.2, 0.25) is 0 Å². The molecule has 4 amide bonds. The number of carbonyl (C=O) groups is 3. The van der Waals surface area contributed by atoms with E-state index in [1.807, 2.05) is 0 Å². The molecule has 0 spiro atoms. The van der Waals surface area contributed by atoms with E-state index in [0.29, 0.717) is 45.2 Å². The van der Waals surface area contributed by atoms with Gasteiger partial charge >= 0.3 is 6.03 Å². The highest BCUT2D eigenvalue weighted by Crippen LogP contribution is 2.18. The van der Waals surface area contributed by atoms with Crippen LogP contribution >= 0.6 is 0 Å². The molecule has 1 atom stereocenters. The van der Waals surface area contributed by atoms with E-state index >= 15 is 0 Å². The van der Waals surface area contributed by atoms with E-state index < -0.39 is 0 Å². The quantitative estimate of drug-likeness (QED) is 0.768. The lowest BCUT2D eigenvalue weighted by Gasteiger charge is -2.36. The minimum absolute atomic E-state index is 0.00158. The average molecular weight is 322 g/mol. The monoisotopic (exact) mass is 322 g/mol. The van der Waals surface area contributed by atoms with Crippen LogP contribution in [0.25, 0.3) is 0 Å². The highest BCUT2D eigenvalue weighted by atomic mass is 16.2. The SMILES string of the molecule is O=C1CC(C(=O)N2CCN(C(=O)NC3CCCCC3)CC2)CN1. The number of nitrogens with zero attached hydrogens (tertiary/aromatic N) is 2. The van der Waals surface area contributed by atoms with Gasteiger partial charge in [-0.1, -0.05) is 19.3 Å². The lowest BCUT2D eigenvalue weighted by Crippen LogP contribution is -2.55. The van der Waals surface area contributed by atoms with Gasteiger partial charge in [-0.05, 0) is 12.8 Å². The minimum atomic E-state index is -0.231. The number of carbonyl (C=O) groups excluding carboxylic acids is 3. The number of urea groups is 1. The zero-order chi connectivity index (χ0) is 16.2. The molecular weight excluding hydrogens is 296 g/mol. The van der Waals surface area contributed by atoms with E-state index in [9.17, 15) is 14.4 Å². The number of hydrogen-bond acceptors (Lipinski definition) is 3. The van der Waals surface area contributed by atoms with Crippen LogP contribution in [0.3, 0.4) is 0 Å². The number of piperazine rings is 1. The summed E-state index contributed by atoms with van der Waals surface area (Å²) in [6.45, 7) is 2.69. The second-order valence-electron chi connectivity index (χ2n) is 6.80. The molecule has 3 rings (SSSR count). The van der Waals surface area contributed by atoms with Crippen molar-refractivity contribution in [3.63, 3.8) is 0 Å². The Morgan fingerprint density at radius 2 is 1.65 bits per heavy atom. The molecule has 2 saturated heterocycles. The van der Waals surface area contributed by atoms with Crippen LogP contribution < -0.4 is 10.6 Å². The Kier molecular flexibility index (Phi) is 5.03. The topological polar surface area (TPSA) is 81.8 Å². The maximum Gasteiger partial charge on any atom is 0.317 e. The third-order valence-electron chi connectivity index (χ3n) is 5.14. The molecule has 128 valence electrons. The van der Waals surface area contributed by atoms with Gasteiger partial charge in [0, 0.05) is 45.2 Å². The zero-order valence-corrected chi connectivity index (χ0v) is 13.6. The van der Waals surface area contributed by atoms with Crippen molar-refractivity contribution in [1.82, 2.24) is 20.4 Å². The molecule has 2 N–H and O–H groups in total. The molecule has 2 heterocycles. The van der Waals surface area contributed by atoms with Gasteiger partial charge < -0.3 is 20.4 Å². The molecule has 1 unspecified atom stereocenters. The maximum absolute atomic E-state index is 12.4. The molecule has 1 saturated carbocycles. The zero-order valence-electron chi connectivity index (χ0n) is 13.6. The lowest BCUT2D eigenvalue weighted by molar-refractivity contribution is -0.137. The molecule has 3 fully saturated rings. The molecule has 0 bridgehead atoms. The lowest BCUT2D eigenvalue weighted by atomic mass is 9.96. The number of nitrogens with one attached hydrogen (secondary N) is 2.